The molecule has 1 aliphatic rings. The lowest BCUT2D eigenvalue weighted by Crippen LogP contribution is -2.03. The highest BCUT2D eigenvalue weighted by Gasteiger charge is 2.15. The standard InChI is InChI=1S/C18H17BrOS/c19-16-5-1-13(2-6-16)18(15-9-11-21-12-10-15)14-3-7-17(20)8-4-14/h1-8,20H,9-12H2. The van der Waals surface area contributed by atoms with Gasteiger partial charge in [0.1, 0.15) is 5.75 Å². The van der Waals surface area contributed by atoms with Crippen molar-refractivity contribution in [2.24, 2.45) is 0 Å². The smallest absolute Gasteiger partial charge is 0.115 e. The molecule has 1 fully saturated rings. The molecule has 2 aromatic rings. The summed E-state index contributed by atoms with van der Waals surface area (Å²) in [6.07, 6.45) is 2.30. The summed E-state index contributed by atoms with van der Waals surface area (Å²) in [6, 6.07) is 16.1. The summed E-state index contributed by atoms with van der Waals surface area (Å²) in [7, 11) is 0. The van der Waals surface area contributed by atoms with Crippen LogP contribution in [0.3, 0.4) is 0 Å². The number of phenolic OH excluding ortho intramolecular Hbond substituents is 1. The van der Waals surface area contributed by atoms with E-state index in [1.165, 1.54) is 33.8 Å². The lowest BCUT2D eigenvalue weighted by Gasteiger charge is -2.20. The number of aromatic hydroxyl groups is 1. The second-order valence-corrected chi connectivity index (χ2v) is 7.29. The first-order valence-electron chi connectivity index (χ1n) is 7.09. The minimum atomic E-state index is 0.318. The van der Waals surface area contributed by atoms with Crippen LogP contribution in [0.15, 0.2) is 58.6 Å². The van der Waals surface area contributed by atoms with Gasteiger partial charge in [0, 0.05) is 4.47 Å². The molecule has 1 N–H and O–H groups in total. The van der Waals surface area contributed by atoms with E-state index in [1.807, 2.05) is 23.9 Å². The van der Waals surface area contributed by atoms with Crippen molar-refractivity contribution in [3.63, 3.8) is 0 Å². The van der Waals surface area contributed by atoms with Crippen LogP contribution < -0.4 is 0 Å². The average molecular weight is 361 g/mol. The Morgan fingerprint density at radius 2 is 1.38 bits per heavy atom. The van der Waals surface area contributed by atoms with Crippen molar-refractivity contribution in [3.8, 4) is 5.75 Å². The molecule has 1 heterocycles. The molecule has 0 spiro atoms. The topological polar surface area (TPSA) is 20.2 Å². The van der Waals surface area contributed by atoms with Gasteiger partial charge in [-0.05, 0) is 65.3 Å². The number of phenols is 1. The summed E-state index contributed by atoms with van der Waals surface area (Å²) in [5, 5.41) is 9.53. The molecular weight excluding hydrogens is 344 g/mol. The Morgan fingerprint density at radius 1 is 0.857 bits per heavy atom. The van der Waals surface area contributed by atoms with Crippen LogP contribution in [0, 0.1) is 0 Å². The molecule has 0 aromatic heterocycles. The van der Waals surface area contributed by atoms with Crippen molar-refractivity contribution in [1.29, 1.82) is 0 Å². The highest BCUT2D eigenvalue weighted by atomic mass is 79.9. The van der Waals surface area contributed by atoms with E-state index in [-0.39, 0.29) is 0 Å². The molecule has 108 valence electrons. The molecule has 0 radical (unpaired) electrons. The quantitative estimate of drug-likeness (QED) is 0.764. The molecular formula is C18H17BrOS. The van der Waals surface area contributed by atoms with Crippen molar-refractivity contribution in [2.75, 3.05) is 11.5 Å². The zero-order valence-corrected chi connectivity index (χ0v) is 14.1. The van der Waals surface area contributed by atoms with Gasteiger partial charge in [-0.3, -0.25) is 0 Å². The largest absolute Gasteiger partial charge is 0.508 e. The monoisotopic (exact) mass is 360 g/mol. The van der Waals surface area contributed by atoms with Gasteiger partial charge in [0.15, 0.2) is 0 Å². The van der Waals surface area contributed by atoms with E-state index in [0.29, 0.717) is 5.75 Å². The third kappa shape index (κ3) is 3.53. The van der Waals surface area contributed by atoms with Crippen LogP contribution in [-0.2, 0) is 0 Å². The Morgan fingerprint density at radius 3 is 1.95 bits per heavy atom. The highest BCUT2D eigenvalue weighted by Crippen LogP contribution is 2.35. The van der Waals surface area contributed by atoms with Crippen LogP contribution in [0.4, 0.5) is 0 Å². The summed E-state index contributed by atoms with van der Waals surface area (Å²) in [4.78, 5) is 0. The third-order valence-corrected chi connectivity index (χ3v) is 5.25. The third-order valence-electron chi connectivity index (χ3n) is 3.74. The SMILES string of the molecule is Oc1ccc(C(=C2CCSCC2)c2ccc(Br)cc2)cc1. The van der Waals surface area contributed by atoms with Crippen LogP contribution in [0.1, 0.15) is 24.0 Å². The van der Waals surface area contributed by atoms with E-state index in [1.54, 1.807) is 12.1 Å². The Balaban J connectivity index is 2.10. The Hall–Kier alpha value is -1.19. The molecule has 0 bridgehead atoms. The van der Waals surface area contributed by atoms with Gasteiger partial charge in [-0.2, -0.15) is 11.8 Å². The Bertz CT molecular complexity index is 588. The fraction of sp³-hybridized carbons (Fsp3) is 0.222. The predicted molar refractivity (Wildman–Crippen MR) is 94.8 cm³/mol. The van der Waals surface area contributed by atoms with Crippen molar-refractivity contribution >= 4 is 33.3 Å². The molecule has 3 heteroatoms. The van der Waals surface area contributed by atoms with Gasteiger partial charge < -0.3 is 5.11 Å². The molecule has 0 unspecified atom stereocenters. The number of hydrogen-bond donors (Lipinski definition) is 1. The Kier molecular flexibility index (Phi) is 4.71. The minimum absolute atomic E-state index is 0.318. The number of hydrogen-bond acceptors (Lipinski definition) is 2. The molecule has 1 nitrogen and oxygen atoms in total. The lowest BCUT2D eigenvalue weighted by atomic mass is 9.90. The van der Waals surface area contributed by atoms with Gasteiger partial charge in [-0.15, -0.1) is 0 Å². The predicted octanol–water partition coefficient (Wildman–Crippen LogP) is 5.48. The number of thioether (sulfide) groups is 1. The van der Waals surface area contributed by atoms with Gasteiger partial charge in [-0.1, -0.05) is 45.8 Å². The van der Waals surface area contributed by atoms with Crippen molar-refractivity contribution in [3.05, 3.63) is 69.7 Å². The van der Waals surface area contributed by atoms with Crippen LogP contribution in [0.2, 0.25) is 0 Å². The fourth-order valence-corrected chi connectivity index (χ4v) is 3.94. The van der Waals surface area contributed by atoms with Crippen molar-refractivity contribution in [2.45, 2.75) is 12.8 Å². The van der Waals surface area contributed by atoms with Gasteiger partial charge in [0.2, 0.25) is 0 Å². The maximum absolute atomic E-state index is 9.53. The second kappa shape index (κ2) is 6.71. The van der Waals surface area contributed by atoms with Crippen molar-refractivity contribution in [1.82, 2.24) is 0 Å². The van der Waals surface area contributed by atoms with Crippen LogP contribution >= 0.6 is 27.7 Å². The summed E-state index contributed by atoms with van der Waals surface area (Å²) in [5.74, 6) is 2.72. The first-order chi connectivity index (χ1) is 10.2. The zero-order chi connectivity index (χ0) is 14.7. The van der Waals surface area contributed by atoms with E-state index in [0.717, 1.165) is 17.3 Å². The minimum Gasteiger partial charge on any atom is -0.508 e. The normalized spacial score (nSPS) is 15.0. The molecule has 1 saturated heterocycles. The maximum atomic E-state index is 9.53. The lowest BCUT2D eigenvalue weighted by molar-refractivity contribution is 0.475. The van der Waals surface area contributed by atoms with Gasteiger partial charge in [0.05, 0.1) is 0 Å². The van der Waals surface area contributed by atoms with Gasteiger partial charge in [-0.25, -0.2) is 0 Å². The maximum Gasteiger partial charge on any atom is 0.115 e. The molecule has 0 amide bonds. The summed E-state index contributed by atoms with van der Waals surface area (Å²) in [5.41, 5.74) is 5.31. The van der Waals surface area contributed by atoms with Gasteiger partial charge in [0.25, 0.3) is 0 Å². The van der Waals surface area contributed by atoms with E-state index >= 15 is 0 Å². The number of benzene rings is 2. The van der Waals surface area contributed by atoms with E-state index in [2.05, 4.69) is 40.2 Å². The highest BCUT2D eigenvalue weighted by molar-refractivity contribution is 9.10. The van der Waals surface area contributed by atoms with Crippen LogP contribution in [0.5, 0.6) is 5.75 Å². The molecule has 1 aliphatic heterocycles. The number of allylic oxidation sites excluding steroid dienone is 1. The summed E-state index contributed by atoms with van der Waals surface area (Å²) >= 11 is 5.53. The molecule has 3 rings (SSSR count). The molecule has 0 aliphatic carbocycles. The van der Waals surface area contributed by atoms with E-state index < -0.39 is 0 Å². The summed E-state index contributed by atoms with van der Waals surface area (Å²) in [6.45, 7) is 0. The van der Waals surface area contributed by atoms with Crippen LogP contribution in [-0.4, -0.2) is 16.6 Å². The average Bonchev–Trinajstić information content (AvgIpc) is 2.52. The molecule has 0 saturated carbocycles. The zero-order valence-electron chi connectivity index (χ0n) is 11.7. The first-order valence-corrected chi connectivity index (χ1v) is 9.04. The number of rotatable bonds is 2. The fourth-order valence-electron chi connectivity index (χ4n) is 2.69. The second-order valence-electron chi connectivity index (χ2n) is 5.14. The van der Waals surface area contributed by atoms with Crippen LogP contribution in [0.25, 0.3) is 5.57 Å². The van der Waals surface area contributed by atoms with Gasteiger partial charge >= 0.3 is 0 Å². The van der Waals surface area contributed by atoms with E-state index in [4.69, 9.17) is 0 Å². The summed E-state index contributed by atoms with van der Waals surface area (Å²) < 4.78 is 1.10. The number of halogens is 1. The first kappa shape index (κ1) is 14.7. The van der Waals surface area contributed by atoms with E-state index in [9.17, 15) is 5.11 Å². The molecule has 21 heavy (non-hydrogen) atoms. The van der Waals surface area contributed by atoms with Crippen molar-refractivity contribution < 1.29 is 5.11 Å². The molecule has 0 atom stereocenters. The molecule has 2 aromatic carbocycles. The Labute approximate surface area is 138 Å².